The Morgan fingerprint density at radius 3 is 3.00 bits per heavy atom. The van der Waals surface area contributed by atoms with Gasteiger partial charge >= 0.3 is 0 Å². The molecule has 0 bridgehead atoms. The molecule has 0 atom stereocenters. The van der Waals surface area contributed by atoms with E-state index in [1.807, 2.05) is 0 Å². The second-order valence-corrected chi connectivity index (χ2v) is 4.44. The number of rotatable bonds is 6. The molecule has 0 aliphatic rings. The summed E-state index contributed by atoms with van der Waals surface area (Å²) in [6.45, 7) is 0.249. The van der Waals surface area contributed by atoms with Crippen LogP contribution in [0.2, 0.25) is 0 Å². The summed E-state index contributed by atoms with van der Waals surface area (Å²) in [6, 6.07) is 0. The predicted octanol–water partition coefficient (Wildman–Crippen LogP) is 0.439. The predicted molar refractivity (Wildman–Crippen MR) is 55.6 cm³/mol. The molecule has 1 rings (SSSR count). The number of aromatic nitrogens is 2. The lowest BCUT2D eigenvalue weighted by molar-refractivity contribution is 0.296. The van der Waals surface area contributed by atoms with E-state index in [4.69, 9.17) is 10.9 Å². The molecule has 0 aromatic carbocycles. The third-order valence-corrected chi connectivity index (χ3v) is 3.35. The summed E-state index contributed by atoms with van der Waals surface area (Å²) < 4.78 is 0. The van der Waals surface area contributed by atoms with Gasteiger partial charge in [0.25, 0.3) is 0 Å². The van der Waals surface area contributed by atoms with Crippen molar-refractivity contribution in [3.05, 3.63) is 5.01 Å². The lowest BCUT2D eigenvalue weighted by atomic mass is 10.5. The fourth-order valence-electron chi connectivity index (χ4n) is 0.696. The van der Waals surface area contributed by atoms with E-state index < -0.39 is 0 Å². The number of anilines is 1. The van der Waals surface area contributed by atoms with E-state index in [1.165, 1.54) is 11.3 Å². The highest BCUT2D eigenvalue weighted by atomic mass is 32.2. The third kappa shape index (κ3) is 3.90. The lowest BCUT2D eigenvalue weighted by Crippen LogP contribution is -2.05. The highest BCUT2D eigenvalue weighted by Gasteiger charge is 2.01. The van der Waals surface area contributed by atoms with Gasteiger partial charge in [-0.05, 0) is 12.2 Å². The SMILES string of the molecule is NNc1nnc(CSCCCO)s1. The smallest absolute Gasteiger partial charge is 0.219 e. The molecule has 1 heterocycles. The van der Waals surface area contributed by atoms with Crippen LogP contribution in [0.15, 0.2) is 0 Å². The molecule has 0 radical (unpaired) electrons. The molecular weight excluding hydrogens is 208 g/mol. The zero-order chi connectivity index (χ0) is 9.52. The monoisotopic (exact) mass is 220 g/mol. The van der Waals surface area contributed by atoms with Crippen molar-refractivity contribution in [1.82, 2.24) is 10.2 Å². The second-order valence-electron chi connectivity index (χ2n) is 2.28. The quantitative estimate of drug-likeness (QED) is 0.366. The molecule has 0 unspecified atom stereocenters. The Labute approximate surface area is 84.7 Å². The first-order valence-electron chi connectivity index (χ1n) is 3.84. The number of thioether (sulfide) groups is 1. The summed E-state index contributed by atoms with van der Waals surface area (Å²) in [4.78, 5) is 0. The Morgan fingerprint density at radius 2 is 2.38 bits per heavy atom. The largest absolute Gasteiger partial charge is 0.396 e. The van der Waals surface area contributed by atoms with Crippen molar-refractivity contribution in [3.63, 3.8) is 0 Å². The van der Waals surface area contributed by atoms with Crippen LogP contribution in [-0.4, -0.2) is 27.7 Å². The van der Waals surface area contributed by atoms with E-state index in [2.05, 4.69) is 15.6 Å². The Morgan fingerprint density at radius 1 is 1.54 bits per heavy atom. The molecule has 0 spiro atoms. The minimum absolute atomic E-state index is 0.249. The molecule has 0 saturated carbocycles. The van der Waals surface area contributed by atoms with Crippen LogP contribution >= 0.6 is 23.1 Å². The summed E-state index contributed by atoms with van der Waals surface area (Å²) in [7, 11) is 0. The van der Waals surface area contributed by atoms with Gasteiger partial charge in [-0.3, -0.25) is 5.43 Å². The van der Waals surface area contributed by atoms with Crippen molar-refractivity contribution < 1.29 is 5.11 Å². The van der Waals surface area contributed by atoms with Crippen molar-refractivity contribution in [2.24, 2.45) is 5.84 Å². The number of nitrogens with one attached hydrogen (secondary N) is 1. The average Bonchev–Trinajstić information content (AvgIpc) is 2.60. The Kier molecular flexibility index (Phi) is 5.06. The highest BCUT2D eigenvalue weighted by Crippen LogP contribution is 2.19. The van der Waals surface area contributed by atoms with Crippen molar-refractivity contribution in [2.45, 2.75) is 12.2 Å². The third-order valence-electron chi connectivity index (χ3n) is 1.26. The van der Waals surface area contributed by atoms with E-state index in [-0.39, 0.29) is 6.61 Å². The van der Waals surface area contributed by atoms with Gasteiger partial charge in [0.1, 0.15) is 5.01 Å². The van der Waals surface area contributed by atoms with Crippen molar-refractivity contribution in [2.75, 3.05) is 17.8 Å². The Balaban J connectivity index is 2.20. The van der Waals surface area contributed by atoms with Gasteiger partial charge in [-0.15, -0.1) is 10.2 Å². The van der Waals surface area contributed by atoms with Crippen LogP contribution in [0.4, 0.5) is 5.13 Å². The maximum atomic E-state index is 8.54. The minimum atomic E-state index is 0.249. The molecule has 74 valence electrons. The standard InChI is InChI=1S/C6H12N4OS2/c7-8-6-10-9-5(13-6)4-12-3-1-2-11/h11H,1-4,7H2,(H,8,10). The zero-order valence-electron chi connectivity index (χ0n) is 7.06. The van der Waals surface area contributed by atoms with Gasteiger partial charge in [0.2, 0.25) is 5.13 Å². The number of nitrogen functional groups attached to an aromatic ring is 1. The van der Waals surface area contributed by atoms with Gasteiger partial charge in [-0.2, -0.15) is 11.8 Å². The first-order chi connectivity index (χ1) is 6.36. The van der Waals surface area contributed by atoms with Gasteiger partial charge in [-0.1, -0.05) is 11.3 Å². The van der Waals surface area contributed by atoms with Crippen molar-refractivity contribution in [3.8, 4) is 0 Å². The molecule has 0 aliphatic carbocycles. The summed E-state index contributed by atoms with van der Waals surface area (Å²) in [5.74, 6) is 6.94. The van der Waals surface area contributed by atoms with E-state index in [1.54, 1.807) is 11.8 Å². The number of nitrogens with two attached hydrogens (primary N) is 1. The van der Waals surface area contributed by atoms with Crippen LogP contribution in [0.1, 0.15) is 11.4 Å². The molecule has 13 heavy (non-hydrogen) atoms. The maximum absolute atomic E-state index is 8.54. The van der Waals surface area contributed by atoms with Gasteiger partial charge in [0.15, 0.2) is 0 Å². The van der Waals surface area contributed by atoms with E-state index in [0.29, 0.717) is 5.13 Å². The molecule has 0 amide bonds. The molecule has 0 aliphatic heterocycles. The van der Waals surface area contributed by atoms with E-state index in [9.17, 15) is 0 Å². The van der Waals surface area contributed by atoms with Gasteiger partial charge in [0.05, 0.1) is 0 Å². The van der Waals surface area contributed by atoms with E-state index in [0.717, 1.165) is 22.9 Å². The number of aliphatic hydroxyl groups is 1. The topological polar surface area (TPSA) is 84.1 Å². The average molecular weight is 220 g/mol. The van der Waals surface area contributed by atoms with Crippen LogP contribution in [0.3, 0.4) is 0 Å². The molecule has 0 saturated heterocycles. The fourth-order valence-corrected chi connectivity index (χ4v) is 2.34. The fraction of sp³-hybridized carbons (Fsp3) is 0.667. The molecule has 1 aromatic heterocycles. The van der Waals surface area contributed by atoms with Crippen LogP contribution in [0.5, 0.6) is 0 Å². The van der Waals surface area contributed by atoms with Crippen molar-refractivity contribution >= 4 is 28.2 Å². The summed E-state index contributed by atoms with van der Waals surface area (Å²) in [5.41, 5.74) is 2.44. The lowest BCUT2D eigenvalue weighted by Gasteiger charge is -1.94. The Hall–Kier alpha value is -0.370. The summed E-state index contributed by atoms with van der Waals surface area (Å²) in [6.07, 6.45) is 0.825. The molecule has 5 nitrogen and oxygen atoms in total. The van der Waals surface area contributed by atoms with Gasteiger partial charge in [-0.25, -0.2) is 5.84 Å². The van der Waals surface area contributed by atoms with Gasteiger partial charge in [0, 0.05) is 12.4 Å². The molecule has 7 heteroatoms. The molecule has 0 fully saturated rings. The number of hydrogen-bond donors (Lipinski definition) is 3. The minimum Gasteiger partial charge on any atom is -0.396 e. The van der Waals surface area contributed by atoms with Crippen LogP contribution in [-0.2, 0) is 5.75 Å². The summed E-state index contributed by atoms with van der Waals surface area (Å²) >= 11 is 3.18. The number of aliphatic hydroxyl groups excluding tert-OH is 1. The Bertz CT molecular complexity index is 242. The number of hydrogen-bond acceptors (Lipinski definition) is 7. The first-order valence-corrected chi connectivity index (χ1v) is 5.81. The normalized spacial score (nSPS) is 10.3. The highest BCUT2D eigenvalue weighted by molar-refractivity contribution is 7.98. The summed E-state index contributed by atoms with van der Waals surface area (Å²) in [5, 5.41) is 17.9. The zero-order valence-corrected chi connectivity index (χ0v) is 8.70. The maximum Gasteiger partial charge on any atom is 0.219 e. The van der Waals surface area contributed by atoms with Crippen molar-refractivity contribution in [1.29, 1.82) is 0 Å². The molecule has 1 aromatic rings. The molecular formula is C6H12N4OS2. The number of nitrogens with zero attached hydrogens (tertiary/aromatic N) is 2. The van der Waals surface area contributed by atoms with Crippen LogP contribution in [0.25, 0.3) is 0 Å². The van der Waals surface area contributed by atoms with E-state index >= 15 is 0 Å². The second kappa shape index (κ2) is 6.14. The van der Waals surface area contributed by atoms with Gasteiger partial charge < -0.3 is 5.11 Å². The number of hydrazine groups is 1. The molecule has 4 N–H and O–H groups in total. The van der Waals surface area contributed by atoms with Crippen LogP contribution in [0, 0.1) is 0 Å². The van der Waals surface area contributed by atoms with Crippen LogP contribution < -0.4 is 11.3 Å². The first kappa shape index (κ1) is 10.7.